The maximum atomic E-state index is 13.8. The fourth-order valence-electron chi connectivity index (χ4n) is 2.56. The Kier molecular flexibility index (Phi) is 3.97. The van der Waals surface area contributed by atoms with Crippen molar-refractivity contribution in [2.24, 2.45) is 4.99 Å². The van der Waals surface area contributed by atoms with Gasteiger partial charge in [0.2, 0.25) is 5.91 Å². The number of rotatable bonds is 2. The number of nitrogens with one attached hydrogen (secondary N) is 1. The number of aliphatic imine (C=N–C) groups is 1. The topological polar surface area (TPSA) is 53.9 Å². The molecule has 6 heteroatoms. The van der Waals surface area contributed by atoms with Crippen molar-refractivity contribution in [2.75, 3.05) is 20.2 Å². The lowest BCUT2D eigenvalue weighted by atomic mass is 10.0. The van der Waals surface area contributed by atoms with Crippen molar-refractivity contribution >= 4 is 11.6 Å². The van der Waals surface area contributed by atoms with E-state index in [4.69, 9.17) is 4.74 Å². The van der Waals surface area contributed by atoms with Gasteiger partial charge >= 0.3 is 0 Å². The quantitative estimate of drug-likeness (QED) is 0.776. The number of likely N-dealkylation sites (tertiary alicyclic amines) is 1. The molecule has 102 valence electrons. The number of hydrogen-bond acceptors (Lipinski definition) is 4. The maximum absolute atomic E-state index is 13.8. The molecule has 2 rings (SSSR count). The summed E-state index contributed by atoms with van der Waals surface area (Å²) >= 11 is 0. The number of ether oxygens (including phenoxy) is 1. The van der Waals surface area contributed by atoms with Crippen molar-refractivity contribution in [3.63, 3.8) is 0 Å². The van der Waals surface area contributed by atoms with Gasteiger partial charge in [-0.05, 0) is 20.3 Å². The molecule has 0 aliphatic carbocycles. The van der Waals surface area contributed by atoms with Crippen molar-refractivity contribution in [3.8, 4) is 0 Å². The number of methoxy groups -OCH3 is 1. The van der Waals surface area contributed by atoms with Crippen molar-refractivity contribution in [1.29, 1.82) is 0 Å². The molecular formula is C12H20FN3O2. The van der Waals surface area contributed by atoms with E-state index in [2.05, 4.69) is 10.3 Å². The van der Waals surface area contributed by atoms with Gasteiger partial charge in [0.25, 0.3) is 0 Å². The summed E-state index contributed by atoms with van der Waals surface area (Å²) in [5.74, 6) is -0.0854. The predicted octanol–water partition coefficient (Wildman–Crippen LogP) is 0.350. The smallest absolute Gasteiger partial charge is 0.245 e. The van der Waals surface area contributed by atoms with Crippen LogP contribution in [0.2, 0.25) is 0 Å². The minimum Gasteiger partial charge on any atom is -0.378 e. The zero-order valence-corrected chi connectivity index (χ0v) is 11.0. The number of carbonyl (C=O) groups is 1. The number of amides is 1. The Morgan fingerprint density at radius 2 is 2.33 bits per heavy atom. The van der Waals surface area contributed by atoms with E-state index in [1.807, 2.05) is 13.8 Å². The average Bonchev–Trinajstić information content (AvgIpc) is 2.67. The van der Waals surface area contributed by atoms with Crippen molar-refractivity contribution in [2.45, 2.75) is 44.8 Å². The van der Waals surface area contributed by atoms with Crippen LogP contribution in [0.1, 0.15) is 20.3 Å². The molecule has 4 atom stereocenters. The SMILES string of the molecule is CO[C@H]1CCN(C(=O)C2NC(C)N=C2C)C[C@H]1F. The second kappa shape index (κ2) is 5.32. The lowest BCUT2D eigenvalue weighted by molar-refractivity contribution is -0.136. The van der Waals surface area contributed by atoms with Gasteiger partial charge in [0.05, 0.1) is 18.8 Å². The number of alkyl halides is 1. The Bertz CT molecular complexity index is 361. The lowest BCUT2D eigenvalue weighted by Crippen LogP contribution is -2.54. The highest BCUT2D eigenvalue weighted by molar-refractivity contribution is 6.08. The van der Waals surface area contributed by atoms with E-state index in [-0.39, 0.29) is 24.7 Å². The summed E-state index contributed by atoms with van der Waals surface area (Å²) in [5, 5.41) is 3.09. The summed E-state index contributed by atoms with van der Waals surface area (Å²) in [6.07, 6.45) is -0.998. The highest BCUT2D eigenvalue weighted by Gasteiger charge is 2.37. The third-order valence-corrected chi connectivity index (χ3v) is 3.57. The second-order valence-electron chi connectivity index (χ2n) is 4.91. The number of nitrogens with zero attached hydrogens (tertiary/aromatic N) is 2. The van der Waals surface area contributed by atoms with Gasteiger partial charge in [-0.15, -0.1) is 0 Å². The highest BCUT2D eigenvalue weighted by atomic mass is 19.1. The van der Waals surface area contributed by atoms with Crippen LogP contribution >= 0.6 is 0 Å². The van der Waals surface area contributed by atoms with E-state index in [1.54, 1.807) is 4.90 Å². The van der Waals surface area contributed by atoms with Gasteiger partial charge in [-0.2, -0.15) is 0 Å². The summed E-state index contributed by atoms with van der Waals surface area (Å²) in [6, 6.07) is -0.397. The zero-order chi connectivity index (χ0) is 13.3. The molecule has 0 bridgehead atoms. The maximum Gasteiger partial charge on any atom is 0.245 e. The molecule has 18 heavy (non-hydrogen) atoms. The van der Waals surface area contributed by atoms with Crippen LogP contribution < -0.4 is 5.32 Å². The molecule has 1 amide bonds. The van der Waals surface area contributed by atoms with Crippen LogP contribution in [0.25, 0.3) is 0 Å². The number of piperidine rings is 1. The Morgan fingerprint density at radius 3 is 2.83 bits per heavy atom. The molecular weight excluding hydrogens is 237 g/mol. The minimum atomic E-state index is -1.11. The fourth-order valence-corrected chi connectivity index (χ4v) is 2.56. The first-order chi connectivity index (χ1) is 8.52. The Morgan fingerprint density at radius 1 is 1.61 bits per heavy atom. The van der Waals surface area contributed by atoms with Gasteiger partial charge in [0.15, 0.2) is 0 Å². The molecule has 1 N–H and O–H groups in total. The number of halogens is 1. The van der Waals surface area contributed by atoms with Crippen LogP contribution in [0, 0.1) is 0 Å². The monoisotopic (exact) mass is 257 g/mol. The molecule has 0 radical (unpaired) electrons. The number of hydrogen-bond donors (Lipinski definition) is 1. The molecule has 5 nitrogen and oxygen atoms in total. The predicted molar refractivity (Wildman–Crippen MR) is 66.4 cm³/mol. The molecule has 2 heterocycles. The molecule has 2 aliphatic heterocycles. The molecule has 0 aromatic rings. The van der Waals surface area contributed by atoms with Gasteiger partial charge < -0.3 is 9.64 Å². The second-order valence-corrected chi connectivity index (χ2v) is 4.91. The van der Waals surface area contributed by atoms with E-state index in [0.717, 1.165) is 5.71 Å². The third-order valence-electron chi connectivity index (χ3n) is 3.57. The summed E-state index contributed by atoms with van der Waals surface area (Å²) in [6.45, 7) is 4.37. The Labute approximate surface area is 106 Å². The molecule has 0 spiro atoms. The normalized spacial score (nSPS) is 36.7. The van der Waals surface area contributed by atoms with Crippen molar-refractivity contribution in [1.82, 2.24) is 10.2 Å². The van der Waals surface area contributed by atoms with Gasteiger partial charge in [0.1, 0.15) is 12.2 Å². The van der Waals surface area contributed by atoms with Crippen molar-refractivity contribution in [3.05, 3.63) is 0 Å². The molecule has 0 saturated carbocycles. The largest absolute Gasteiger partial charge is 0.378 e. The Hall–Kier alpha value is -1.01. The van der Waals surface area contributed by atoms with Crippen LogP contribution in [0.5, 0.6) is 0 Å². The molecule has 2 aliphatic rings. The zero-order valence-electron chi connectivity index (χ0n) is 11.0. The first kappa shape index (κ1) is 13.4. The highest BCUT2D eigenvalue weighted by Crippen LogP contribution is 2.18. The van der Waals surface area contributed by atoms with Crippen LogP contribution in [-0.2, 0) is 9.53 Å². The number of carbonyl (C=O) groups excluding carboxylic acids is 1. The molecule has 0 aromatic carbocycles. The van der Waals surface area contributed by atoms with E-state index in [1.165, 1.54) is 7.11 Å². The van der Waals surface area contributed by atoms with Gasteiger partial charge in [-0.3, -0.25) is 15.1 Å². The van der Waals surface area contributed by atoms with Gasteiger partial charge in [-0.1, -0.05) is 0 Å². The fraction of sp³-hybridized carbons (Fsp3) is 0.833. The van der Waals surface area contributed by atoms with E-state index >= 15 is 0 Å². The average molecular weight is 257 g/mol. The Balaban J connectivity index is 1.97. The molecule has 1 fully saturated rings. The third kappa shape index (κ3) is 2.54. The van der Waals surface area contributed by atoms with Crippen LogP contribution in [0.3, 0.4) is 0 Å². The molecule has 2 unspecified atom stereocenters. The minimum absolute atomic E-state index is 0.0448. The van der Waals surface area contributed by atoms with Gasteiger partial charge in [0, 0.05) is 19.4 Å². The first-order valence-corrected chi connectivity index (χ1v) is 6.29. The standard InChI is InChI=1S/C12H20FN3O2/c1-7-11(15-8(2)14-7)12(17)16-5-4-10(18-3)9(13)6-16/h8-11,15H,4-6H2,1-3H3/t8?,9-,10+,11?/m1/s1. The van der Waals surface area contributed by atoms with E-state index in [9.17, 15) is 9.18 Å². The van der Waals surface area contributed by atoms with Crippen LogP contribution in [0.15, 0.2) is 4.99 Å². The van der Waals surface area contributed by atoms with E-state index in [0.29, 0.717) is 13.0 Å². The molecule has 1 saturated heterocycles. The first-order valence-electron chi connectivity index (χ1n) is 6.29. The van der Waals surface area contributed by atoms with Gasteiger partial charge in [-0.25, -0.2) is 4.39 Å². The van der Waals surface area contributed by atoms with E-state index < -0.39 is 12.2 Å². The lowest BCUT2D eigenvalue weighted by Gasteiger charge is -2.35. The summed E-state index contributed by atoms with van der Waals surface area (Å²) in [7, 11) is 1.51. The van der Waals surface area contributed by atoms with Crippen molar-refractivity contribution < 1.29 is 13.9 Å². The van der Waals surface area contributed by atoms with Crippen LogP contribution in [-0.4, -0.2) is 61.2 Å². The molecule has 0 aromatic heterocycles. The van der Waals surface area contributed by atoms with Crippen LogP contribution in [0.4, 0.5) is 4.39 Å². The summed E-state index contributed by atoms with van der Waals surface area (Å²) in [5.41, 5.74) is 0.775. The summed E-state index contributed by atoms with van der Waals surface area (Å²) < 4.78 is 18.8. The summed E-state index contributed by atoms with van der Waals surface area (Å²) in [4.78, 5) is 18.1.